The zero-order chi connectivity index (χ0) is 25.9. The number of nitrogens with zero attached hydrogens (tertiary/aromatic N) is 4. The van der Waals surface area contributed by atoms with Crippen LogP contribution < -0.4 is 15.0 Å². The van der Waals surface area contributed by atoms with Crippen LogP contribution in [-0.2, 0) is 12.8 Å². The molecule has 0 bridgehead atoms. The lowest BCUT2D eigenvalue weighted by Crippen LogP contribution is -2.14. The van der Waals surface area contributed by atoms with Crippen LogP contribution in [0.25, 0.3) is 33.7 Å². The molecule has 1 aromatic carbocycles. The highest BCUT2D eigenvalue weighted by Gasteiger charge is 2.27. The van der Waals surface area contributed by atoms with Crippen molar-refractivity contribution in [3.63, 3.8) is 0 Å². The average molecular weight is 504 g/mol. The monoisotopic (exact) mass is 503 g/mol. The van der Waals surface area contributed by atoms with Crippen molar-refractivity contribution >= 4 is 11.1 Å². The highest BCUT2D eigenvalue weighted by Crippen LogP contribution is 2.46. The quantitative estimate of drug-likeness (QED) is 0.298. The second kappa shape index (κ2) is 10.1. The Labute approximate surface area is 211 Å². The second-order valence-corrected chi connectivity index (χ2v) is 8.33. The molecular formula is C26H25N5O6. The zero-order valence-electron chi connectivity index (χ0n) is 20.6. The van der Waals surface area contributed by atoms with E-state index in [4.69, 9.17) is 18.4 Å². The second-order valence-electron chi connectivity index (χ2n) is 8.33. The van der Waals surface area contributed by atoms with Gasteiger partial charge in [-0.2, -0.15) is 0 Å². The van der Waals surface area contributed by atoms with Gasteiger partial charge in [0.1, 0.15) is 34.0 Å². The van der Waals surface area contributed by atoms with Gasteiger partial charge in [0.2, 0.25) is 5.89 Å². The Hall–Kier alpha value is -4.67. The molecule has 5 aromatic rings. The predicted octanol–water partition coefficient (Wildman–Crippen LogP) is 4.28. The zero-order valence-corrected chi connectivity index (χ0v) is 20.6. The van der Waals surface area contributed by atoms with E-state index in [0.717, 1.165) is 12.8 Å². The summed E-state index contributed by atoms with van der Waals surface area (Å²) in [6.07, 6.45) is 3.98. The third kappa shape index (κ3) is 4.39. The van der Waals surface area contributed by atoms with Crippen molar-refractivity contribution in [3.8, 4) is 39.8 Å². The SMILES string of the molecule is CCCCc1[nH]c(=O)c(-c2nnc(Cc3noc4cccnc34)o2)c(O)c1-c1c(OC)cccc1OC. The number of methoxy groups -OCH3 is 2. The Bertz CT molecular complexity index is 1600. The van der Waals surface area contributed by atoms with Crippen LogP contribution in [-0.4, -0.2) is 44.6 Å². The summed E-state index contributed by atoms with van der Waals surface area (Å²) < 4.78 is 22.2. The number of rotatable bonds is 9. The number of aromatic amines is 1. The van der Waals surface area contributed by atoms with E-state index in [1.807, 2.05) is 6.92 Å². The molecule has 0 radical (unpaired) electrons. The van der Waals surface area contributed by atoms with Crippen LogP contribution in [0.4, 0.5) is 0 Å². The van der Waals surface area contributed by atoms with Gasteiger partial charge in [-0.15, -0.1) is 10.2 Å². The Kier molecular flexibility index (Phi) is 6.59. The maximum absolute atomic E-state index is 13.2. The molecule has 11 nitrogen and oxygen atoms in total. The molecule has 0 amide bonds. The Morgan fingerprint density at radius 2 is 1.81 bits per heavy atom. The number of aromatic hydroxyl groups is 1. The summed E-state index contributed by atoms with van der Waals surface area (Å²) in [5, 5.41) is 23.6. The number of nitrogens with one attached hydrogen (secondary N) is 1. The lowest BCUT2D eigenvalue weighted by molar-refractivity contribution is 0.396. The van der Waals surface area contributed by atoms with Crippen molar-refractivity contribution in [2.45, 2.75) is 32.6 Å². The number of H-pyrrole nitrogens is 1. The number of fused-ring (bicyclic) bond motifs is 1. The van der Waals surface area contributed by atoms with Gasteiger partial charge in [0.05, 0.1) is 31.8 Å². The largest absolute Gasteiger partial charge is 0.506 e. The van der Waals surface area contributed by atoms with Crippen molar-refractivity contribution in [2.75, 3.05) is 14.2 Å². The number of pyridine rings is 2. The number of aryl methyl sites for hydroxylation is 1. The molecule has 0 atom stereocenters. The smallest absolute Gasteiger partial charge is 0.264 e. The Morgan fingerprint density at radius 3 is 2.54 bits per heavy atom. The minimum absolute atomic E-state index is 0.133. The van der Waals surface area contributed by atoms with Crippen LogP contribution >= 0.6 is 0 Å². The molecule has 0 aliphatic carbocycles. The topological polar surface area (TPSA) is 149 Å². The molecule has 2 N–H and O–H groups in total. The van der Waals surface area contributed by atoms with Crippen molar-refractivity contribution in [1.82, 2.24) is 25.3 Å². The number of unbranched alkanes of at least 4 members (excludes halogenated alkanes) is 1. The van der Waals surface area contributed by atoms with E-state index < -0.39 is 5.56 Å². The van der Waals surface area contributed by atoms with E-state index in [0.29, 0.717) is 51.5 Å². The van der Waals surface area contributed by atoms with Gasteiger partial charge in [0.25, 0.3) is 11.4 Å². The third-order valence-electron chi connectivity index (χ3n) is 6.02. The summed E-state index contributed by atoms with van der Waals surface area (Å²) in [5.74, 6) is 0.693. The van der Waals surface area contributed by atoms with Crippen LogP contribution in [0.15, 0.2) is 50.3 Å². The molecule has 0 aliphatic rings. The molecule has 11 heteroatoms. The molecule has 0 aliphatic heterocycles. The molecule has 0 saturated carbocycles. The van der Waals surface area contributed by atoms with E-state index >= 15 is 0 Å². The summed E-state index contributed by atoms with van der Waals surface area (Å²) in [7, 11) is 3.06. The summed E-state index contributed by atoms with van der Waals surface area (Å²) in [6.45, 7) is 2.04. The molecule has 5 rings (SSSR count). The molecule has 4 aromatic heterocycles. The van der Waals surface area contributed by atoms with Gasteiger partial charge < -0.3 is 28.5 Å². The molecule has 190 valence electrons. The van der Waals surface area contributed by atoms with E-state index in [1.165, 1.54) is 14.2 Å². The highest BCUT2D eigenvalue weighted by molar-refractivity contribution is 5.87. The van der Waals surface area contributed by atoms with Gasteiger partial charge in [-0.1, -0.05) is 24.6 Å². The lowest BCUT2D eigenvalue weighted by Gasteiger charge is -2.18. The van der Waals surface area contributed by atoms with Gasteiger partial charge in [-0.3, -0.25) is 9.78 Å². The first-order valence-electron chi connectivity index (χ1n) is 11.8. The maximum Gasteiger partial charge on any atom is 0.264 e. The highest BCUT2D eigenvalue weighted by atomic mass is 16.5. The van der Waals surface area contributed by atoms with E-state index in [-0.39, 0.29) is 29.5 Å². The Balaban J connectivity index is 1.63. The fourth-order valence-corrected chi connectivity index (χ4v) is 4.26. The van der Waals surface area contributed by atoms with Crippen LogP contribution in [0.2, 0.25) is 0 Å². The molecule has 0 unspecified atom stereocenters. The van der Waals surface area contributed by atoms with Crippen LogP contribution in [0, 0.1) is 0 Å². The number of hydrogen-bond acceptors (Lipinski definition) is 10. The first-order valence-corrected chi connectivity index (χ1v) is 11.8. The number of benzene rings is 1. The molecule has 0 fully saturated rings. The molecule has 4 heterocycles. The lowest BCUT2D eigenvalue weighted by atomic mass is 9.96. The van der Waals surface area contributed by atoms with Gasteiger partial charge in [0.15, 0.2) is 5.58 Å². The summed E-state index contributed by atoms with van der Waals surface area (Å²) in [4.78, 5) is 20.4. The average Bonchev–Trinajstić information content (AvgIpc) is 3.54. The van der Waals surface area contributed by atoms with Gasteiger partial charge >= 0.3 is 0 Å². The summed E-state index contributed by atoms with van der Waals surface area (Å²) in [5.41, 5.74) is 2.36. The van der Waals surface area contributed by atoms with Crippen LogP contribution in [0.5, 0.6) is 17.2 Å². The predicted molar refractivity (Wildman–Crippen MR) is 134 cm³/mol. The Morgan fingerprint density at radius 1 is 1.03 bits per heavy atom. The minimum atomic E-state index is -0.551. The van der Waals surface area contributed by atoms with Gasteiger partial charge in [0, 0.05) is 11.9 Å². The standard InChI is InChI=1S/C26H25N5O6/c1-4-5-8-14-20(21-16(34-2)9-6-10-17(21)35-3)24(32)22(25(33)28-14)26-30-29-19(36-26)13-15-23-18(37-31-15)11-7-12-27-23/h6-7,9-12H,4-5,8,13H2,1-3H3,(H2,28,32,33). The van der Waals surface area contributed by atoms with E-state index in [9.17, 15) is 9.90 Å². The number of aromatic nitrogens is 5. The van der Waals surface area contributed by atoms with E-state index in [2.05, 4.69) is 25.3 Å². The first-order chi connectivity index (χ1) is 18.0. The maximum atomic E-state index is 13.2. The van der Waals surface area contributed by atoms with Crippen molar-refractivity contribution in [2.24, 2.45) is 0 Å². The van der Waals surface area contributed by atoms with Crippen molar-refractivity contribution in [1.29, 1.82) is 0 Å². The summed E-state index contributed by atoms with van der Waals surface area (Å²) in [6, 6.07) is 8.79. The van der Waals surface area contributed by atoms with Crippen molar-refractivity contribution < 1.29 is 23.5 Å². The number of hydrogen-bond donors (Lipinski definition) is 2. The third-order valence-corrected chi connectivity index (χ3v) is 6.02. The van der Waals surface area contributed by atoms with Gasteiger partial charge in [-0.05, 0) is 37.1 Å². The molecule has 37 heavy (non-hydrogen) atoms. The molecule has 0 spiro atoms. The fourth-order valence-electron chi connectivity index (χ4n) is 4.26. The van der Waals surface area contributed by atoms with Crippen LogP contribution in [0.3, 0.4) is 0 Å². The number of ether oxygens (including phenoxy) is 2. The minimum Gasteiger partial charge on any atom is -0.506 e. The summed E-state index contributed by atoms with van der Waals surface area (Å²) >= 11 is 0. The molecular weight excluding hydrogens is 478 g/mol. The van der Waals surface area contributed by atoms with Gasteiger partial charge in [-0.25, -0.2) is 0 Å². The molecule has 0 saturated heterocycles. The van der Waals surface area contributed by atoms with Crippen molar-refractivity contribution in [3.05, 3.63) is 64.2 Å². The normalized spacial score (nSPS) is 11.2. The fraction of sp³-hybridized carbons (Fsp3) is 0.269. The van der Waals surface area contributed by atoms with Crippen LogP contribution in [0.1, 0.15) is 37.0 Å². The first kappa shape index (κ1) is 24.0. The van der Waals surface area contributed by atoms with E-state index in [1.54, 1.807) is 36.5 Å².